The summed E-state index contributed by atoms with van der Waals surface area (Å²) in [6, 6.07) is 20.0. The summed E-state index contributed by atoms with van der Waals surface area (Å²) in [5.74, 6) is -0.967. The van der Waals surface area contributed by atoms with E-state index < -0.39 is 17.6 Å². The molecular formula is C23H15ClFNO3S. The van der Waals surface area contributed by atoms with E-state index in [1.807, 2.05) is 30.3 Å². The topological polar surface area (TPSA) is 46.6 Å². The van der Waals surface area contributed by atoms with Crippen molar-refractivity contribution in [3.8, 4) is 5.75 Å². The van der Waals surface area contributed by atoms with Gasteiger partial charge in [0, 0.05) is 4.90 Å². The van der Waals surface area contributed by atoms with Crippen LogP contribution in [0.3, 0.4) is 0 Å². The van der Waals surface area contributed by atoms with E-state index in [9.17, 15) is 14.0 Å². The zero-order valence-corrected chi connectivity index (χ0v) is 17.3. The normalized spacial score (nSPS) is 13.9. The minimum Gasteiger partial charge on any atom is -0.497 e. The van der Waals surface area contributed by atoms with Gasteiger partial charge in [0.15, 0.2) is 0 Å². The van der Waals surface area contributed by atoms with Crippen molar-refractivity contribution in [3.05, 3.63) is 94.1 Å². The molecule has 1 aliphatic rings. The maximum Gasteiger partial charge on any atom is 0.272 e. The molecule has 2 amide bonds. The van der Waals surface area contributed by atoms with Crippen LogP contribution in [0.4, 0.5) is 10.1 Å². The zero-order chi connectivity index (χ0) is 21.3. The molecule has 150 valence electrons. The van der Waals surface area contributed by atoms with Gasteiger partial charge in [-0.05, 0) is 48.0 Å². The van der Waals surface area contributed by atoms with Crippen LogP contribution in [0.2, 0.25) is 5.02 Å². The minimum absolute atomic E-state index is 0.164. The van der Waals surface area contributed by atoms with E-state index in [0.29, 0.717) is 11.3 Å². The van der Waals surface area contributed by atoms with Gasteiger partial charge in [0.2, 0.25) is 0 Å². The molecule has 0 spiro atoms. The fourth-order valence-corrected chi connectivity index (χ4v) is 4.27. The number of anilines is 1. The Balaban J connectivity index is 1.81. The maximum absolute atomic E-state index is 13.6. The van der Waals surface area contributed by atoms with Crippen molar-refractivity contribution in [2.24, 2.45) is 0 Å². The molecule has 0 bridgehead atoms. The van der Waals surface area contributed by atoms with Crippen LogP contribution < -0.4 is 9.64 Å². The maximum atomic E-state index is 13.6. The van der Waals surface area contributed by atoms with Crippen LogP contribution in [0.15, 0.2) is 82.6 Å². The molecule has 0 N–H and O–H groups in total. The largest absolute Gasteiger partial charge is 0.497 e. The van der Waals surface area contributed by atoms with E-state index in [4.69, 9.17) is 16.3 Å². The number of benzene rings is 3. The molecule has 7 heteroatoms. The van der Waals surface area contributed by atoms with Gasteiger partial charge in [-0.15, -0.1) is 0 Å². The number of hydrogen-bond donors (Lipinski definition) is 0. The predicted molar refractivity (Wildman–Crippen MR) is 116 cm³/mol. The molecule has 1 heterocycles. The predicted octanol–water partition coefficient (Wildman–Crippen LogP) is 5.56. The monoisotopic (exact) mass is 439 g/mol. The van der Waals surface area contributed by atoms with Gasteiger partial charge in [-0.1, -0.05) is 53.7 Å². The summed E-state index contributed by atoms with van der Waals surface area (Å²) in [5.41, 5.74) is 1.08. The molecule has 3 aromatic rings. The van der Waals surface area contributed by atoms with Crippen LogP contribution in [0.5, 0.6) is 5.75 Å². The van der Waals surface area contributed by atoms with E-state index in [2.05, 4.69) is 0 Å². The Morgan fingerprint density at radius 2 is 1.63 bits per heavy atom. The number of hydrogen-bond acceptors (Lipinski definition) is 4. The van der Waals surface area contributed by atoms with Crippen molar-refractivity contribution in [2.75, 3.05) is 12.0 Å². The molecule has 30 heavy (non-hydrogen) atoms. The highest BCUT2D eigenvalue weighted by Crippen LogP contribution is 2.42. The fourth-order valence-electron chi connectivity index (χ4n) is 3.08. The molecule has 4 nitrogen and oxygen atoms in total. The molecule has 4 rings (SSSR count). The number of carbonyl (C=O) groups excluding carboxylic acids is 2. The Morgan fingerprint density at radius 3 is 2.27 bits per heavy atom. The Kier molecular flexibility index (Phi) is 5.61. The average molecular weight is 440 g/mol. The molecule has 0 atom stereocenters. The van der Waals surface area contributed by atoms with Gasteiger partial charge in [0.05, 0.1) is 28.3 Å². The first kappa shape index (κ1) is 20.2. The third kappa shape index (κ3) is 3.72. The lowest BCUT2D eigenvalue weighted by Crippen LogP contribution is -2.31. The van der Waals surface area contributed by atoms with Crippen LogP contribution in [-0.2, 0) is 9.59 Å². The lowest BCUT2D eigenvalue weighted by atomic mass is 10.1. The smallest absolute Gasteiger partial charge is 0.272 e. The number of carbonyl (C=O) groups is 2. The summed E-state index contributed by atoms with van der Waals surface area (Å²) in [4.78, 5) is 28.8. The molecule has 0 aromatic heterocycles. The first-order chi connectivity index (χ1) is 14.5. The van der Waals surface area contributed by atoms with Crippen LogP contribution in [0.25, 0.3) is 5.57 Å². The number of nitrogens with zero attached hydrogens (tertiary/aromatic N) is 1. The molecule has 0 radical (unpaired) electrons. The van der Waals surface area contributed by atoms with E-state index in [0.717, 1.165) is 15.9 Å². The number of imide groups is 1. The average Bonchev–Trinajstić information content (AvgIpc) is 3.00. The van der Waals surface area contributed by atoms with Gasteiger partial charge in [0.25, 0.3) is 11.8 Å². The first-order valence-corrected chi connectivity index (χ1v) is 10.1. The highest BCUT2D eigenvalue weighted by molar-refractivity contribution is 8.04. The van der Waals surface area contributed by atoms with Crippen LogP contribution >= 0.6 is 23.4 Å². The number of ether oxygens (including phenoxy) is 1. The highest BCUT2D eigenvalue weighted by atomic mass is 35.5. The Morgan fingerprint density at radius 1 is 0.933 bits per heavy atom. The van der Waals surface area contributed by atoms with Crippen molar-refractivity contribution < 1.29 is 18.7 Å². The number of methoxy groups -OCH3 is 1. The van der Waals surface area contributed by atoms with E-state index in [1.165, 1.54) is 23.9 Å². The minimum atomic E-state index is -0.623. The standard InChI is InChI=1S/C23H15ClFNO3S/c1-29-16-10-7-14(8-11-16)20-21(30-17-5-3-2-4-6-17)23(28)26(22(20)27)15-9-12-19(25)18(24)13-15/h2-13H,1H3. The van der Waals surface area contributed by atoms with Gasteiger partial charge < -0.3 is 4.74 Å². The molecule has 3 aromatic carbocycles. The number of rotatable bonds is 5. The van der Waals surface area contributed by atoms with E-state index in [1.54, 1.807) is 31.4 Å². The van der Waals surface area contributed by atoms with Crippen molar-refractivity contribution >= 4 is 46.4 Å². The van der Waals surface area contributed by atoms with E-state index in [-0.39, 0.29) is 21.2 Å². The second kappa shape index (κ2) is 8.34. The third-order valence-corrected chi connectivity index (χ3v) is 5.92. The summed E-state index contributed by atoms with van der Waals surface area (Å²) >= 11 is 7.09. The molecule has 0 saturated heterocycles. The van der Waals surface area contributed by atoms with Crippen LogP contribution in [-0.4, -0.2) is 18.9 Å². The lowest BCUT2D eigenvalue weighted by Gasteiger charge is -2.15. The van der Waals surface area contributed by atoms with Crippen molar-refractivity contribution in [2.45, 2.75) is 4.90 Å². The second-order valence-corrected chi connectivity index (χ2v) is 7.88. The van der Waals surface area contributed by atoms with Gasteiger partial charge >= 0.3 is 0 Å². The molecule has 0 saturated carbocycles. The summed E-state index contributed by atoms with van der Waals surface area (Å²) < 4.78 is 18.8. The summed E-state index contributed by atoms with van der Waals surface area (Å²) in [6.07, 6.45) is 0. The highest BCUT2D eigenvalue weighted by Gasteiger charge is 2.40. The third-order valence-electron chi connectivity index (χ3n) is 4.54. The molecule has 1 aliphatic heterocycles. The summed E-state index contributed by atoms with van der Waals surface area (Å²) in [6.45, 7) is 0. The first-order valence-electron chi connectivity index (χ1n) is 8.95. The Labute approximate surface area is 181 Å². The van der Waals surface area contributed by atoms with Gasteiger partial charge in [-0.25, -0.2) is 9.29 Å². The number of amides is 2. The van der Waals surface area contributed by atoms with Crippen LogP contribution in [0.1, 0.15) is 5.56 Å². The fraction of sp³-hybridized carbons (Fsp3) is 0.0435. The van der Waals surface area contributed by atoms with Crippen molar-refractivity contribution in [3.63, 3.8) is 0 Å². The Bertz CT molecular complexity index is 1160. The summed E-state index contributed by atoms with van der Waals surface area (Å²) in [5, 5.41) is -0.164. The lowest BCUT2D eigenvalue weighted by molar-refractivity contribution is -0.119. The molecule has 0 aliphatic carbocycles. The number of thioether (sulfide) groups is 1. The van der Waals surface area contributed by atoms with Crippen molar-refractivity contribution in [1.29, 1.82) is 0 Å². The summed E-state index contributed by atoms with van der Waals surface area (Å²) in [7, 11) is 1.55. The van der Waals surface area contributed by atoms with Gasteiger partial charge in [0.1, 0.15) is 11.6 Å². The quantitative estimate of drug-likeness (QED) is 0.488. The van der Waals surface area contributed by atoms with Crippen LogP contribution in [0, 0.1) is 5.82 Å². The van der Waals surface area contributed by atoms with E-state index >= 15 is 0 Å². The SMILES string of the molecule is COc1ccc(C2=C(Sc3ccccc3)C(=O)N(c3ccc(F)c(Cl)c3)C2=O)cc1. The molecule has 0 fully saturated rings. The number of halogens is 2. The zero-order valence-electron chi connectivity index (χ0n) is 15.8. The second-order valence-electron chi connectivity index (χ2n) is 6.39. The molecule has 0 unspecified atom stereocenters. The van der Waals surface area contributed by atoms with Crippen molar-refractivity contribution in [1.82, 2.24) is 0 Å². The van der Waals surface area contributed by atoms with Gasteiger partial charge in [-0.3, -0.25) is 9.59 Å². The molecular weight excluding hydrogens is 425 g/mol. The van der Waals surface area contributed by atoms with Gasteiger partial charge in [-0.2, -0.15) is 0 Å². The Hall–Kier alpha value is -3.09.